The molecule has 0 unspecified atom stereocenters. The predicted octanol–water partition coefficient (Wildman–Crippen LogP) is 5.30. The molecule has 3 aromatic carbocycles. The van der Waals surface area contributed by atoms with Gasteiger partial charge in [0.05, 0.1) is 11.4 Å². The summed E-state index contributed by atoms with van der Waals surface area (Å²) in [6.45, 7) is 6.35. The number of hydrogen-bond donors (Lipinski definition) is 1. The molecule has 0 aromatic heterocycles. The maximum atomic E-state index is 4.90. The van der Waals surface area contributed by atoms with E-state index in [-0.39, 0.29) is 0 Å². The fourth-order valence-electron chi connectivity index (χ4n) is 3.18. The zero-order valence-corrected chi connectivity index (χ0v) is 16.0. The maximum absolute atomic E-state index is 4.90. The minimum atomic E-state index is 0.766. The highest BCUT2D eigenvalue weighted by Crippen LogP contribution is 2.27. The first-order chi connectivity index (χ1) is 13.1. The number of rotatable bonds is 3. The van der Waals surface area contributed by atoms with Gasteiger partial charge in [0.2, 0.25) is 0 Å². The molecule has 0 spiro atoms. The van der Waals surface area contributed by atoms with E-state index in [0.29, 0.717) is 0 Å². The van der Waals surface area contributed by atoms with Crippen LogP contribution in [0.5, 0.6) is 0 Å². The first-order valence-electron chi connectivity index (χ1n) is 9.34. The second kappa shape index (κ2) is 7.20. The topological polar surface area (TPSA) is 36.8 Å². The summed E-state index contributed by atoms with van der Waals surface area (Å²) in [6, 6.07) is 23.3. The summed E-state index contributed by atoms with van der Waals surface area (Å²) in [5, 5.41) is 4.76. The Bertz CT molecular complexity index is 1030. The Morgan fingerprint density at radius 3 is 2.04 bits per heavy atom. The van der Waals surface area contributed by atoms with Gasteiger partial charge < -0.3 is 0 Å². The van der Waals surface area contributed by atoms with Crippen LogP contribution in [0.25, 0.3) is 0 Å². The monoisotopic (exact) mass is 353 g/mol. The number of hydrazone groups is 1. The predicted molar refractivity (Wildman–Crippen MR) is 113 cm³/mol. The van der Waals surface area contributed by atoms with Gasteiger partial charge in [0.15, 0.2) is 5.84 Å². The fraction of sp³-hybridized carbons (Fsp3) is 0.167. The van der Waals surface area contributed by atoms with E-state index < -0.39 is 0 Å². The lowest BCUT2D eigenvalue weighted by Gasteiger charge is -2.10. The minimum Gasteiger partial charge on any atom is -0.260 e. The van der Waals surface area contributed by atoms with Gasteiger partial charge in [-0.15, -0.1) is 0 Å². The molecule has 4 rings (SSSR count). The van der Waals surface area contributed by atoms with Gasteiger partial charge >= 0.3 is 0 Å². The van der Waals surface area contributed by atoms with Crippen LogP contribution < -0.4 is 5.43 Å². The quantitative estimate of drug-likeness (QED) is 0.681. The van der Waals surface area contributed by atoms with Crippen LogP contribution in [0.2, 0.25) is 0 Å². The molecule has 1 N–H and O–H groups in total. The van der Waals surface area contributed by atoms with Gasteiger partial charge in [0.25, 0.3) is 0 Å². The van der Waals surface area contributed by atoms with Crippen molar-refractivity contribution in [2.24, 2.45) is 10.1 Å². The highest BCUT2D eigenvalue weighted by Gasteiger charge is 2.17. The van der Waals surface area contributed by atoms with Crippen molar-refractivity contribution in [2.45, 2.75) is 27.2 Å². The second-order valence-corrected chi connectivity index (χ2v) is 6.97. The Morgan fingerprint density at radius 2 is 1.41 bits per heavy atom. The van der Waals surface area contributed by atoms with E-state index in [1.165, 1.54) is 16.7 Å². The second-order valence-electron chi connectivity index (χ2n) is 6.97. The van der Waals surface area contributed by atoms with E-state index in [1.54, 1.807) is 0 Å². The van der Waals surface area contributed by atoms with E-state index in [2.05, 4.69) is 92.9 Å². The van der Waals surface area contributed by atoms with Gasteiger partial charge in [-0.3, -0.25) is 5.43 Å². The summed E-state index contributed by atoms with van der Waals surface area (Å²) in [6.07, 6.45) is 0.983. The zero-order chi connectivity index (χ0) is 18.8. The van der Waals surface area contributed by atoms with Crippen LogP contribution in [-0.4, -0.2) is 11.5 Å². The van der Waals surface area contributed by atoms with E-state index in [0.717, 1.165) is 40.3 Å². The fourth-order valence-corrected chi connectivity index (χ4v) is 3.18. The first-order valence-corrected chi connectivity index (χ1v) is 9.34. The molecule has 1 heterocycles. The van der Waals surface area contributed by atoms with Gasteiger partial charge in [-0.2, -0.15) is 5.10 Å². The van der Waals surface area contributed by atoms with E-state index in [9.17, 15) is 0 Å². The molecular weight excluding hydrogens is 330 g/mol. The molecule has 3 nitrogen and oxygen atoms in total. The third-order valence-electron chi connectivity index (χ3n) is 4.88. The normalized spacial score (nSPS) is 13.1. The molecule has 0 radical (unpaired) electrons. The summed E-state index contributed by atoms with van der Waals surface area (Å²) in [5.74, 6) is 0.766. The number of aryl methyl sites for hydroxylation is 3. The van der Waals surface area contributed by atoms with Crippen molar-refractivity contribution in [3.8, 4) is 0 Å². The minimum absolute atomic E-state index is 0.766. The molecule has 0 saturated heterocycles. The Kier molecular flexibility index (Phi) is 4.59. The van der Waals surface area contributed by atoms with Crippen molar-refractivity contribution in [1.82, 2.24) is 5.43 Å². The third kappa shape index (κ3) is 3.54. The van der Waals surface area contributed by atoms with E-state index >= 15 is 0 Å². The van der Waals surface area contributed by atoms with Crippen molar-refractivity contribution >= 4 is 17.2 Å². The highest BCUT2D eigenvalue weighted by molar-refractivity contribution is 6.18. The molecular formula is C24H23N3. The summed E-state index contributed by atoms with van der Waals surface area (Å²) in [5.41, 5.74) is 12.0. The number of benzene rings is 3. The molecule has 0 fully saturated rings. The maximum Gasteiger partial charge on any atom is 0.154 e. The molecule has 0 atom stereocenters. The first kappa shape index (κ1) is 17.2. The molecule has 1 aliphatic heterocycles. The standard InChI is InChI=1S/C24H23N3/c1-4-18-9-14-22-21(15-18)23(19-10-5-16(2)6-11-19)26-27-24(25-22)20-12-7-17(3)8-13-20/h5-15H,4H2,1-3H3,(H,25,27). The van der Waals surface area contributed by atoms with Gasteiger partial charge in [-0.25, -0.2) is 4.99 Å². The summed E-state index contributed by atoms with van der Waals surface area (Å²) < 4.78 is 0. The largest absolute Gasteiger partial charge is 0.260 e. The number of nitrogens with one attached hydrogen (secondary N) is 1. The van der Waals surface area contributed by atoms with E-state index in [1.807, 2.05) is 0 Å². The van der Waals surface area contributed by atoms with Crippen LogP contribution >= 0.6 is 0 Å². The number of nitrogens with zero attached hydrogens (tertiary/aromatic N) is 2. The van der Waals surface area contributed by atoms with Crippen molar-refractivity contribution < 1.29 is 0 Å². The molecule has 0 bridgehead atoms. The summed E-state index contributed by atoms with van der Waals surface area (Å²) >= 11 is 0. The van der Waals surface area contributed by atoms with Crippen LogP contribution in [0.15, 0.2) is 76.8 Å². The lowest BCUT2D eigenvalue weighted by atomic mass is 9.97. The van der Waals surface area contributed by atoms with Crippen molar-refractivity contribution in [3.63, 3.8) is 0 Å². The van der Waals surface area contributed by atoms with Crippen LogP contribution in [0.4, 0.5) is 5.69 Å². The summed E-state index contributed by atoms with van der Waals surface area (Å²) in [7, 11) is 0. The molecule has 27 heavy (non-hydrogen) atoms. The number of fused-ring (bicyclic) bond motifs is 1. The third-order valence-corrected chi connectivity index (χ3v) is 4.88. The van der Waals surface area contributed by atoms with Gasteiger partial charge in [-0.1, -0.05) is 72.6 Å². The van der Waals surface area contributed by atoms with Crippen molar-refractivity contribution in [3.05, 3.63) is 100 Å². The average molecular weight is 353 g/mol. The Hall–Kier alpha value is -3.20. The Morgan fingerprint density at radius 1 is 0.778 bits per heavy atom. The zero-order valence-electron chi connectivity index (χ0n) is 16.0. The number of hydrogen-bond acceptors (Lipinski definition) is 3. The molecule has 134 valence electrons. The average Bonchev–Trinajstić information content (AvgIpc) is 2.88. The van der Waals surface area contributed by atoms with Crippen molar-refractivity contribution in [1.29, 1.82) is 0 Å². The van der Waals surface area contributed by atoms with Crippen molar-refractivity contribution in [2.75, 3.05) is 0 Å². The number of aliphatic imine (C=N–C) groups is 1. The van der Waals surface area contributed by atoms with Gasteiger partial charge in [0, 0.05) is 16.7 Å². The lowest BCUT2D eigenvalue weighted by molar-refractivity contribution is 1.03. The van der Waals surface area contributed by atoms with Gasteiger partial charge in [0.1, 0.15) is 0 Å². The Labute approximate surface area is 160 Å². The lowest BCUT2D eigenvalue weighted by Crippen LogP contribution is -2.19. The smallest absolute Gasteiger partial charge is 0.154 e. The number of amidine groups is 1. The highest BCUT2D eigenvalue weighted by atomic mass is 15.3. The molecule has 3 aromatic rings. The van der Waals surface area contributed by atoms with Crippen LogP contribution in [-0.2, 0) is 6.42 Å². The molecule has 0 aliphatic carbocycles. The molecule has 0 saturated carbocycles. The SMILES string of the molecule is CCc1ccc2c(c1)C(c1ccc(C)cc1)=NNC(c1ccc(C)cc1)=N2. The van der Waals surface area contributed by atoms with Crippen LogP contribution in [0.1, 0.15) is 40.3 Å². The summed E-state index contributed by atoms with van der Waals surface area (Å²) in [4.78, 5) is 4.90. The Balaban J connectivity index is 1.86. The molecule has 0 amide bonds. The van der Waals surface area contributed by atoms with Crippen LogP contribution in [0, 0.1) is 13.8 Å². The van der Waals surface area contributed by atoms with Crippen LogP contribution in [0.3, 0.4) is 0 Å². The molecule has 1 aliphatic rings. The molecule has 3 heteroatoms. The van der Waals surface area contributed by atoms with Gasteiger partial charge in [-0.05, 0) is 38.0 Å². The van der Waals surface area contributed by atoms with E-state index in [4.69, 9.17) is 10.1 Å².